The molecule has 0 aliphatic carbocycles. The van der Waals surface area contributed by atoms with Gasteiger partial charge in [0.15, 0.2) is 5.82 Å². The van der Waals surface area contributed by atoms with E-state index >= 15 is 4.39 Å². The molecule has 2 aliphatic rings. The molecule has 0 bridgehead atoms. The predicted octanol–water partition coefficient (Wildman–Crippen LogP) is 5.66. The molecule has 0 unspecified atom stereocenters. The zero-order chi connectivity index (χ0) is 30.8. The molecule has 1 saturated heterocycles. The van der Waals surface area contributed by atoms with E-state index in [4.69, 9.17) is 26.1 Å². The Hall–Kier alpha value is -3.60. The van der Waals surface area contributed by atoms with Gasteiger partial charge in [-0.2, -0.15) is 5.26 Å². The Morgan fingerprint density at radius 2 is 2.05 bits per heavy atom. The summed E-state index contributed by atoms with van der Waals surface area (Å²) in [5.74, 6) is 0.0302. The number of aliphatic hydroxyl groups excluding tert-OH is 1. The number of fused-ring (bicyclic) bond motifs is 4. The molecule has 4 aromatic rings. The molecule has 0 radical (unpaired) electrons. The van der Waals surface area contributed by atoms with Gasteiger partial charge in [0, 0.05) is 29.4 Å². The van der Waals surface area contributed by atoms with Crippen molar-refractivity contribution >= 4 is 60.8 Å². The molecule has 1 aromatic carbocycles. The highest BCUT2D eigenvalue weighted by molar-refractivity contribution is 7.23. The Bertz CT molecular complexity index is 1830. The summed E-state index contributed by atoms with van der Waals surface area (Å²) >= 11 is 8.08. The fraction of sp³-hybridized carbons (Fsp3) is 0.400. The maximum Gasteiger partial charge on any atom is 0.412 e. The van der Waals surface area contributed by atoms with E-state index in [1.54, 1.807) is 20.8 Å². The second kappa shape index (κ2) is 10.8. The van der Waals surface area contributed by atoms with Crippen molar-refractivity contribution in [3.8, 4) is 17.3 Å². The van der Waals surface area contributed by atoms with E-state index in [2.05, 4.69) is 16.4 Å². The molecule has 0 saturated carbocycles. The lowest BCUT2D eigenvalue weighted by atomic mass is 9.94. The Morgan fingerprint density at radius 3 is 2.72 bits per heavy atom. The van der Waals surface area contributed by atoms with E-state index in [0.717, 1.165) is 34.0 Å². The van der Waals surface area contributed by atoms with Gasteiger partial charge in [-0.1, -0.05) is 11.6 Å². The highest BCUT2D eigenvalue weighted by Gasteiger charge is 2.34. The molecule has 2 atom stereocenters. The number of carbonyl (C=O) groups excluding carboxylic acids is 1. The van der Waals surface area contributed by atoms with Gasteiger partial charge in [-0.25, -0.2) is 14.2 Å². The van der Waals surface area contributed by atoms with Crippen molar-refractivity contribution in [1.29, 1.82) is 5.26 Å². The molecule has 1 fully saturated rings. The van der Waals surface area contributed by atoms with Gasteiger partial charge in [0.05, 0.1) is 58.1 Å². The minimum absolute atomic E-state index is 0.0415. The van der Waals surface area contributed by atoms with Gasteiger partial charge in [-0.15, -0.1) is 11.3 Å². The van der Waals surface area contributed by atoms with Gasteiger partial charge in [0.25, 0.3) is 0 Å². The van der Waals surface area contributed by atoms with Crippen LogP contribution in [0.2, 0.25) is 5.02 Å². The lowest BCUT2D eigenvalue weighted by Crippen LogP contribution is -2.38. The summed E-state index contributed by atoms with van der Waals surface area (Å²) in [4.78, 5) is 26.0. The molecule has 2 N–H and O–H groups in total. The Morgan fingerprint density at radius 1 is 1.30 bits per heavy atom. The third kappa shape index (κ3) is 5.15. The van der Waals surface area contributed by atoms with E-state index in [1.165, 1.54) is 0 Å². The largest absolute Gasteiger partial charge is 0.444 e. The first-order valence-corrected chi connectivity index (χ1v) is 14.9. The number of pyridine rings is 2. The molecule has 13 heteroatoms. The van der Waals surface area contributed by atoms with Gasteiger partial charge in [-0.3, -0.25) is 10.3 Å². The average molecular weight is 625 g/mol. The van der Waals surface area contributed by atoms with Gasteiger partial charge in [0.1, 0.15) is 22.5 Å². The maximum absolute atomic E-state index is 15.2. The number of likely N-dealkylation sites (N-methyl/N-ethyl adjacent to an activating group) is 1. The number of ether oxygens (including phenoxy) is 2. The number of halogens is 2. The smallest absolute Gasteiger partial charge is 0.412 e. The normalized spacial score (nSPS) is 18.5. The van der Waals surface area contributed by atoms with Crippen LogP contribution in [0.3, 0.4) is 0 Å². The summed E-state index contributed by atoms with van der Waals surface area (Å²) in [6.07, 6.45) is -0.203. The zero-order valence-electron chi connectivity index (χ0n) is 24.3. The number of anilines is 2. The number of nitrogens with zero attached hydrogens (tertiary/aromatic N) is 5. The standard InChI is InChI=1S/C30H30ClFN6O4S/c1-30(2,3)42-29(40)36-28-15(8-33)23-26(34-9-18(32)27(23)43-28)22-17-13-41-12-16(17)14-6-7-21(35-25(14)24(22)31)38-10-19(37(4)5)20(39)11-38/h6-7,9,19-20,39H,10-13H2,1-5H3,(H,36,40)/t19-,20+/m1/s1. The van der Waals surface area contributed by atoms with Crippen LogP contribution in [0.5, 0.6) is 0 Å². The Kier molecular flexibility index (Phi) is 7.43. The highest BCUT2D eigenvalue weighted by Crippen LogP contribution is 2.48. The van der Waals surface area contributed by atoms with Gasteiger partial charge >= 0.3 is 6.09 Å². The quantitative estimate of drug-likeness (QED) is 0.296. The monoisotopic (exact) mass is 624 g/mol. The fourth-order valence-electron chi connectivity index (χ4n) is 5.74. The maximum atomic E-state index is 15.2. The number of thiophene rings is 1. The minimum atomic E-state index is -0.767. The number of aromatic nitrogens is 2. The Balaban J connectivity index is 1.53. The van der Waals surface area contributed by atoms with E-state index in [9.17, 15) is 15.2 Å². The minimum Gasteiger partial charge on any atom is -0.444 e. The van der Waals surface area contributed by atoms with Crippen molar-refractivity contribution in [2.45, 2.75) is 51.7 Å². The number of aliphatic hydroxyl groups is 1. The fourth-order valence-corrected chi connectivity index (χ4v) is 7.13. The highest BCUT2D eigenvalue weighted by atomic mass is 35.5. The third-order valence-electron chi connectivity index (χ3n) is 7.67. The Labute approximate surface area is 256 Å². The zero-order valence-corrected chi connectivity index (χ0v) is 25.9. The average Bonchev–Trinajstić information content (AvgIpc) is 3.66. The van der Waals surface area contributed by atoms with Gasteiger partial charge in [0.2, 0.25) is 0 Å². The summed E-state index contributed by atoms with van der Waals surface area (Å²) in [6.45, 7) is 6.77. The number of benzene rings is 1. The second-order valence-electron chi connectivity index (χ2n) is 11.9. The van der Waals surface area contributed by atoms with Crippen LogP contribution in [0, 0.1) is 17.1 Å². The summed E-state index contributed by atoms with van der Waals surface area (Å²) in [6, 6.07) is 5.95. The molecular weight excluding hydrogens is 595 g/mol. The molecule has 1 amide bonds. The van der Waals surface area contributed by atoms with Crippen LogP contribution < -0.4 is 10.2 Å². The van der Waals surface area contributed by atoms with Crippen molar-refractivity contribution in [1.82, 2.24) is 14.9 Å². The lowest BCUT2D eigenvalue weighted by molar-refractivity contribution is 0.0636. The second-order valence-corrected chi connectivity index (χ2v) is 13.3. The third-order valence-corrected chi connectivity index (χ3v) is 9.15. The number of amides is 1. The number of carbonyl (C=O) groups is 1. The van der Waals surface area contributed by atoms with Crippen LogP contribution in [0.4, 0.5) is 20.0 Å². The summed E-state index contributed by atoms with van der Waals surface area (Å²) in [7, 11) is 3.87. The first kappa shape index (κ1) is 29.5. The van der Waals surface area contributed by atoms with Crippen molar-refractivity contribution in [3.05, 3.63) is 45.9 Å². The number of nitrogens with one attached hydrogen (secondary N) is 1. The van der Waals surface area contributed by atoms with Crippen molar-refractivity contribution in [2.75, 3.05) is 37.4 Å². The predicted molar refractivity (Wildman–Crippen MR) is 164 cm³/mol. The van der Waals surface area contributed by atoms with Crippen molar-refractivity contribution < 1.29 is 23.8 Å². The number of hydrogen-bond donors (Lipinski definition) is 2. The van der Waals surface area contributed by atoms with Crippen LogP contribution >= 0.6 is 22.9 Å². The molecule has 43 heavy (non-hydrogen) atoms. The van der Waals surface area contributed by atoms with Crippen molar-refractivity contribution in [3.63, 3.8) is 0 Å². The summed E-state index contributed by atoms with van der Waals surface area (Å²) in [5, 5.41) is 24.9. The van der Waals surface area contributed by atoms with E-state index in [-0.39, 0.29) is 33.3 Å². The molecule has 10 nitrogen and oxygen atoms in total. The molecule has 3 aromatic heterocycles. The van der Waals surface area contributed by atoms with E-state index < -0.39 is 23.6 Å². The summed E-state index contributed by atoms with van der Waals surface area (Å²) < 4.78 is 26.5. The number of nitriles is 1. The topological polar surface area (TPSA) is 124 Å². The van der Waals surface area contributed by atoms with E-state index in [0.29, 0.717) is 47.3 Å². The van der Waals surface area contributed by atoms with Crippen LogP contribution in [0.25, 0.3) is 32.2 Å². The molecular formula is C30H30ClFN6O4S. The van der Waals surface area contributed by atoms with Gasteiger partial charge in [-0.05, 0) is 58.1 Å². The molecule has 6 rings (SSSR count). The molecule has 2 aliphatic heterocycles. The van der Waals surface area contributed by atoms with Gasteiger partial charge < -0.3 is 24.4 Å². The molecule has 224 valence electrons. The first-order chi connectivity index (χ1) is 20.4. The SMILES string of the molecule is CN(C)[C@@H]1CN(c2ccc3c4c(c(-c5ncc(F)c6sc(NC(=O)OC(C)(C)C)c(C#N)c56)c(Cl)c3n2)COC4)C[C@@H]1O. The van der Waals surface area contributed by atoms with Crippen LogP contribution in [-0.2, 0) is 22.7 Å². The number of rotatable bonds is 4. The number of hydrogen-bond acceptors (Lipinski definition) is 10. The first-order valence-electron chi connectivity index (χ1n) is 13.7. The van der Waals surface area contributed by atoms with Crippen LogP contribution in [-0.4, -0.2) is 71.0 Å². The molecule has 5 heterocycles. The van der Waals surface area contributed by atoms with Crippen LogP contribution in [0.15, 0.2) is 18.3 Å². The lowest BCUT2D eigenvalue weighted by Gasteiger charge is -2.22. The van der Waals surface area contributed by atoms with E-state index in [1.807, 2.05) is 36.0 Å². The van der Waals surface area contributed by atoms with Crippen LogP contribution in [0.1, 0.15) is 37.5 Å². The summed E-state index contributed by atoms with van der Waals surface area (Å²) in [5.41, 5.74) is 2.28. The number of β-amino-alcohol motifs (C(OH)–C–C–N with tert-alkyl or cyclic N) is 1. The molecule has 0 spiro atoms. The van der Waals surface area contributed by atoms with Crippen molar-refractivity contribution in [2.24, 2.45) is 0 Å².